The second-order valence-electron chi connectivity index (χ2n) is 3.82. The van der Waals surface area contributed by atoms with Gasteiger partial charge in [0.1, 0.15) is 19.3 Å². The number of hydrogen-bond acceptors (Lipinski definition) is 4. The average Bonchev–Trinajstić information content (AvgIpc) is 2.37. The zero-order chi connectivity index (χ0) is 12.3. The number of fused-ring (bicyclic) bond motifs is 1. The largest absolute Gasteiger partial charge is 0.486 e. The van der Waals surface area contributed by atoms with Crippen molar-refractivity contribution >= 4 is 5.78 Å². The maximum atomic E-state index is 12.0. The Hall–Kier alpha value is -1.55. The monoisotopic (exact) mass is 236 g/mol. The number of rotatable bonds is 4. The normalized spacial score (nSPS) is 15.4. The van der Waals surface area contributed by atoms with Gasteiger partial charge in [0.15, 0.2) is 17.3 Å². The first-order valence-corrected chi connectivity index (χ1v) is 5.78. The van der Waals surface area contributed by atoms with Crippen LogP contribution >= 0.6 is 0 Å². The van der Waals surface area contributed by atoms with Gasteiger partial charge in [-0.25, -0.2) is 0 Å². The number of ketones is 1. The number of carbonyl (C=O) groups is 1. The molecule has 4 heteroatoms. The van der Waals surface area contributed by atoms with Crippen molar-refractivity contribution in [1.29, 1.82) is 0 Å². The van der Waals surface area contributed by atoms with Crippen LogP contribution < -0.4 is 9.47 Å². The van der Waals surface area contributed by atoms with E-state index in [1.807, 2.05) is 6.92 Å². The topological polar surface area (TPSA) is 44.8 Å². The van der Waals surface area contributed by atoms with Crippen LogP contribution in [0.15, 0.2) is 18.2 Å². The van der Waals surface area contributed by atoms with Gasteiger partial charge in [-0.05, 0) is 32.0 Å². The lowest BCUT2D eigenvalue weighted by atomic mass is 10.1. The Labute approximate surface area is 100 Å². The Morgan fingerprint density at radius 1 is 1.35 bits per heavy atom. The molecule has 1 aliphatic rings. The molecule has 0 N–H and O–H groups in total. The van der Waals surface area contributed by atoms with E-state index in [0.29, 0.717) is 36.9 Å². The minimum Gasteiger partial charge on any atom is -0.486 e. The van der Waals surface area contributed by atoms with Crippen LogP contribution in [0.4, 0.5) is 0 Å². The first-order valence-electron chi connectivity index (χ1n) is 5.78. The lowest BCUT2D eigenvalue weighted by molar-refractivity contribution is 0.0520. The van der Waals surface area contributed by atoms with Crippen molar-refractivity contribution in [1.82, 2.24) is 0 Å². The van der Waals surface area contributed by atoms with E-state index in [0.717, 1.165) is 0 Å². The van der Waals surface area contributed by atoms with Gasteiger partial charge in [-0.15, -0.1) is 0 Å². The van der Waals surface area contributed by atoms with Crippen molar-refractivity contribution in [3.05, 3.63) is 23.8 Å². The molecule has 1 atom stereocenters. The van der Waals surface area contributed by atoms with Gasteiger partial charge in [-0.1, -0.05) is 0 Å². The number of ether oxygens (including phenoxy) is 3. The van der Waals surface area contributed by atoms with E-state index in [9.17, 15) is 4.79 Å². The van der Waals surface area contributed by atoms with E-state index < -0.39 is 6.10 Å². The summed E-state index contributed by atoms with van der Waals surface area (Å²) in [7, 11) is 0. The van der Waals surface area contributed by atoms with Crippen molar-refractivity contribution in [2.45, 2.75) is 20.0 Å². The van der Waals surface area contributed by atoms with Crippen molar-refractivity contribution in [3.63, 3.8) is 0 Å². The molecule has 0 saturated heterocycles. The average molecular weight is 236 g/mol. The van der Waals surface area contributed by atoms with Gasteiger partial charge in [0.25, 0.3) is 0 Å². The molecule has 2 rings (SSSR count). The fraction of sp³-hybridized carbons (Fsp3) is 0.462. The van der Waals surface area contributed by atoms with Crippen LogP contribution in [0.2, 0.25) is 0 Å². The highest BCUT2D eigenvalue weighted by Gasteiger charge is 2.19. The van der Waals surface area contributed by atoms with Crippen LogP contribution in [0.5, 0.6) is 11.5 Å². The third kappa shape index (κ3) is 2.58. The van der Waals surface area contributed by atoms with Crippen LogP contribution in [0.3, 0.4) is 0 Å². The Kier molecular flexibility index (Phi) is 3.64. The van der Waals surface area contributed by atoms with Crippen molar-refractivity contribution < 1.29 is 19.0 Å². The van der Waals surface area contributed by atoms with Gasteiger partial charge in [-0.3, -0.25) is 4.79 Å². The van der Waals surface area contributed by atoms with Gasteiger partial charge in [0, 0.05) is 12.2 Å². The number of carbonyl (C=O) groups excluding carboxylic acids is 1. The predicted octanol–water partition coefficient (Wildman–Crippen LogP) is 2.07. The second-order valence-corrected chi connectivity index (χ2v) is 3.82. The summed E-state index contributed by atoms with van der Waals surface area (Å²) in [4.78, 5) is 12.0. The summed E-state index contributed by atoms with van der Waals surface area (Å²) in [5, 5.41) is 0. The van der Waals surface area contributed by atoms with Gasteiger partial charge < -0.3 is 14.2 Å². The fourth-order valence-electron chi connectivity index (χ4n) is 1.76. The number of hydrogen-bond donors (Lipinski definition) is 0. The van der Waals surface area contributed by atoms with E-state index in [1.165, 1.54) is 0 Å². The molecule has 1 aliphatic heterocycles. The molecule has 0 aliphatic carbocycles. The van der Waals surface area contributed by atoms with Gasteiger partial charge in [0.2, 0.25) is 0 Å². The minimum atomic E-state index is -0.428. The third-order valence-corrected chi connectivity index (χ3v) is 2.61. The summed E-state index contributed by atoms with van der Waals surface area (Å²) < 4.78 is 16.1. The van der Waals surface area contributed by atoms with Crippen molar-refractivity contribution in [3.8, 4) is 11.5 Å². The predicted molar refractivity (Wildman–Crippen MR) is 62.9 cm³/mol. The molecule has 0 fully saturated rings. The third-order valence-electron chi connectivity index (χ3n) is 2.61. The van der Waals surface area contributed by atoms with E-state index in [-0.39, 0.29) is 5.78 Å². The molecule has 1 aromatic carbocycles. The number of benzene rings is 1. The molecule has 0 amide bonds. The zero-order valence-electron chi connectivity index (χ0n) is 10.1. The summed E-state index contributed by atoms with van der Waals surface area (Å²) in [6.45, 7) is 5.22. The molecule has 17 heavy (non-hydrogen) atoms. The first kappa shape index (κ1) is 11.9. The molecule has 0 bridgehead atoms. The van der Waals surface area contributed by atoms with Crippen LogP contribution in [0.1, 0.15) is 24.2 Å². The van der Waals surface area contributed by atoms with E-state index in [2.05, 4.69) is 0 Å². The minimum absolute atomic E-state index is 0.0381. The maximum Gasteiger partial charge on any atom is 0.191 e. The molecule has 1 heterocycles. The van der Waals surface area contributed by atoms with Crippen LogP contribution in [0, 0.1) is 0 Å². The molecule has 1 aromatic rings. The molecule has 4 nitrogen and oxygen atoms in total. The van der Waals surface area contributed by atoms with E-state index in [1.54, 1.807) is 25.1 Å². The van der Waals surface area contributed by atoms with Crippen LogP contribution in [-0.4, -0.2) is 31.7 Å². The molecular weight excluding hydrogens is 220 g/mol. The van der Waals surface area contributed by atoms with Gasteiger partial charge in [-0.2, -0.15) is 0 Å². The summed E-state index contributed by atoms with van der Waals surface area (Å²) in [6, 6.07) is 5.22. The summed E-state index contributed by atoms with van der Waals surface area (Å²) >= 11 is 0. The molecule has 0 spiro atoms. The highest BCUT2D eigenvalue weighted by Crippen LogP contribution is 2.31. The summed E-state index contributed by atoms with van der Waals surface area (Å²) in [5.41, 5.74) is 0.593. The highest BCUT2D eigenvalue weighted by atomic mass is 16.6. The Morgan fingerprint density at radius 3 is 2.76 bits per heavy atom. The Morgan fingerprint density at radius 2 is 2.06 bits per heavy atom. The fourth-order valence-corrected chi connectivity index (χ4v) is 1.76. The molecule has 0 aromatic heterocycles. The standard InChI is InChI=1S/C13H16O4/c1-3-15-9(2)13(14)10-4-5-11-12(8-10)17-7-6-16-11/h4-5,8-9H,3,6-7H2,1-2H3. The highest BCUT2D eigenvalue weighted by molar-refractivity contribution is 5.99. The van der Waals surface area contributed by atoms with Crippen molar-refractivity contribution in [2.75, 3.05) is 19.8 Å². The van der Waals surface area contributed by atoms with Crippen LogP contribution in [-0.2, 0) is 4.74 Å². The lowest BCUT2D eigenvalue weighted by Gasteiger charge is -2.19. The molecule has 92 valence electrons. The first-order chi connectivity index (χ1) is 8.22. The van der Waals surface area contributed by atoms with Crippen LogP contribution in [0.25, 0.3) is 0 Å². The quantitative estimate of drug-likeness (QED) is 0.751. The molecule has 0 saturated carbocycles. The van der Waals surface area contributed by atoms with Gasteiger partial charge in [0.05, 0.1) is 0 Å². The van der Waals surface area contributed by atoms with E-state index >= 15 is 0 Å². The molecule has 0 radical (unpaired) electrons. The molecule has 1 unspecified atom stereocenters. The van der Waals surface area contributed by atoms with Gasteiger partial charge >= 0.3 is 0 Å². The summed E-state index contributed by atoms with van der Waals surface area (Å²) in [6.07, 6.45) is -0.428. The number of Topliss-reactive ketones (excluding diaryl/α,β-unsaturated/α-hetero) is 1. The SMILES string of the molecule is CCOC(C)C(=O)c1ccc2c(c1)OCCO2. The second kappa shape index (κ2) is 5.19. The lowest BCUT2D eigenvalue weighted by Crippen LogP contribution is -2.21. The summed E-state index contributed by atoms with van der Waals surface area (Å²) in [5.74, 6) is 1.28. The Bertz CT molecular complexity index is 414. The maximum absolute atomic E-state index is 12.0. The Balaban J connectivity index is 2.19. The van der Waals surface area contributed by atoms with E-state index in [4.69, 9.17) is 14.2 Å². The van der Waals surface area contributed by atoms with Crippen molar-refractivity contribution in [2.24, 2.45) is 0 Å². The molecular formula is C13H16O4. The zero-order valence-corrected chi connectivity index (χ0v) is 10.1. The smallest absolute Gasteiger partial charge is 0.191 e.